The van der Waals surface area contributed by atoms with E-state index in [1.165, 1.54) is 25.9 Å². The molecule has 0 rings (SSSR count). The molecule has 0 aliphatic heterocycles. The van der Waals surface area contributed by atoms with Gasteiger partial charge in [-0.1, -0.05) is 27.7 Å². The van der Waals surface area contributed by atoms with Crippen LogP contribution in [0.4, 0.5) is 0 Å². The van der Waals surface area contributed by atoms with E-state index in [2.05, 4.69) is 32.6 Å². The summed E-state index contributed by atoms with van der Waals surface area (Å²) in [5, 5.41) is 0. The number of rotatable bonds is 12. The van der Waals surface area contributed by atoms with Gasteiger partial charge in [-0.25, -0.2) is 0 Å². The summed E-state index contributed by atoms with van der Waals surface area (Å²) < 4.78 is 5.64. The molecular weight excluding hydrogens is 236 g/mol. The van der Waals surface area contributed by atoms with Crippen molar-refractivity contribution in [2.45, 2.75) is 60.0 Å². The average molecular weight is 272 g/mol. The zero-order chi connectivity index (χ0) is 14.7. The highest BCUT2D eigenvalue weighted by Gasteiger charge is 2.11. The summed E-state index contributed by atoms with van der Waals surface area (Å²) in [6.45, 7) is 16.1. The van der Waals surface area contributed by atoms with Crippen molar-refractivity contribution in [2.24, 2.45) is 17.6 Å². The highest BCUT2D eigenvalue weighted by atomic mass is 16.5. The fourth-order valence-electron chi connectivity index (χ4n) is 2.05. The second-order valence-electron chi connectivity index (χ2n) is 6.31. The Balaban J connectivity index is 4.07. The number of nitrogens with two attached hydrogens (primary N) is 1. The number of hydrogen-bond donors (Lipinski definition) is 1. The first-order valence-electron chi connectivity index (χ1n) is 8.03. The van der Waals surface area contributed by atoms with Gasteiger partial charge in [-0.3, -0.25) is 0 Å². The van der Waals surface area contributed by atoms with E-state index < -0.39 is 0 Å². The van der Waals surface area contributed by atoms with E-state index in [-0.39, 0.29) is 6.10 Å². The second kappa shape index (κ2) is 11.7. The van der Waals surface area contributed by atoms with Crippen molar-refractivity contribution in [3.63, 3.8) is 0 Å². The Morgan fingerprint density at radius 1 is 0.895 bits per heavy atom. The maximum absolute atomic E-state index is 5.75. The summed E-state index contributed by atoms with van der Waals surface area (Å²) >= 11 is 0. The van der Waals surface area contributed by atoms with Crippen LogP contribution in [0.1, 0.15) is 53.9 Å². The van der Waals surface area contributed by atoms with Crippen LogP contribution < -0.4 is 5.73 Å². The Morgan fingerprint density at radius 3 is 1.74 bits per heavy atom. The minimum atomic E-state index is 0.227. The Labute approximate surface area is 120 Å². The van der Waals surface area contributed by atoms with Crippen LogP contribution >= 0.6 is 0 Å². The molecule has 0 heterocycles. The Morgan fingerprint density at radius 2 is 1.37 bits per heavy atom. The fourth-order valence-corrected chi connectivity index (χ4v) is 2.05. The minimum Gasteiger partial charge on any atom is -0.377 e. The van der Waals surface area contributed by atoms with Gasteiger partial charge in [0.25, 0.3) is 0 Å². The van der Waals surface area contributed by atoms with Gasteiger partial charge in [-0.2, -0.15) is 0 Å². The quantitative estimate of drug-likeness (QED) is 0.593. The van der Waals surface area contributed by atoms with Crippen LogP contribution in [0.15, 0.2) is 0 Å². The summed E-state index contributed by atoms with van der Waals surface area (Å²) in [5.74, 6) is 1.55. The van der Waals surface area contributed by atoms with E-state index >= 15 is 0 Å². The highest BCUT2D eigenvalue weighted by Crippen LogP contribution is 2.08. The number of hydrogen-bond acceptors (Lipinski definition) is 3. The van der Waals surface area contributed by atoms with Crippen molar-refractivity contribution in [1.82, 2.24) is 4.90 Å². The topological polar surface area (TPSA) is 38.5 Å². The molecule has 0 saturated carbocycles. The van der Waals surface area contributed by atoms with Crippen LogP contribution in [0.5, 0.6) is 0 Å². The second-order valence-corrected chi connectivity index (χ2v) is 6.31. The molecule has 19 heavy (non-hydrogen) atoms. The lowest BCUT2D eigenvalue weighted by Gasteiger charge is -2.26. The van der Waals surface area contributed by atoms with Gasteiger partial charge in [0.05, 0.1) is 6.10 Å². The maximum atomic E-state index is 5.75. The molecule has 3 heteroatoms. The van der Waals surface area contributed by atoms with Crippen LogP contribution in [0.3, 0.4) is 0 Å². The van der Waals surface area contributed by atoms with Gasteiger partial charge in [0, 0.05) is 19.7 Å². The molecule has 116 valence electrons. The smallest absolute Gasteiger partial charge is 0.0709 e. The predicted octanol–water partition coefficient (Wildman–Crippen LogP) is 3.13. The largest absolute Gasteiger partial charge is 0.377 e. The lowest BCUT2D eigenvalue weighted by Crippen LogP contribution is -2.33. The molecule has 0 aliphatic rings. The molecule has 2 N–H and O–H groups in total. The van der Waals surface area contributed by atoms with E-state index in [1.54, 1.807) is 0 Å². The first-order valence-corrected chi connectivity index (χ1v) is 8.03. The molecule has 0 saturated heterocycles. The van der Waals surface area contributed by atoms with E-state index in [0.717, 1.165) is 31.4 Å². The number of ether oxygens (including phenoxy) is 1. The Hall–Kier alpha value is -0.120. The van der Waals surface area contributed by atoms with Gasteiger partial charge < -0.3 is 15.4 Å². The van der Waals surface area contributed by atoms with Gasteiger partial charge in [0.1, 0.15) is 0 Å². The molecule has 0 aromatic rings. The SMILES string of the molecule is CCOC(CN)CCN(CCC(C)C)CCC(C)C. The van der Waals surface area contributed by atoms with Gasteiger partial charge in [-0.05, 0) is 51.1 Å². The summed E-state index contributed by atoms with van der Waals surface area (Å²) in [6.07, 6.45) is 3.84. The molecule has 0 aromatic heterocycles. The van der Waals surface area contributed by atoms with Gasteiger partial charge in [0.15, 0.2) is 0 Å². The molecule has 1 atom stereocenters. The minimum absolute atomic E-state index is 0.227. The van der Waals surface area contributed by atoms with Crippen molar-refractivity contribution in [1.29, 1.82) is 0 Å². The van der Waals surface area contributed by atoms with E-state index in [4.69, 9.17) is 10.5 Å². The first kappa shape index (κ1) is 18.9. The third-order valence-electron chi connectivity index (χ3n) is 3.48. The van der Waals surface area contributed by atoms with Crippen molar-refractivity contribution >= 4 is 0 Å². The summed E-state index contributed by atoms with van der Waals surface area (Å²) in [7, 11) is 0. The average Bonchev–Trinajstić information content (AvgIpc) is 2.35. The third kappa shape index (κ3) is 11.4. The van der Waals surface area contributed by atoms with Crippen LogP contribution in [-0.4, -0.2) is 43.8 Å². The first-order chi connectivity index (χ1) is 8.99. The summed E-state index contributed by atoms with van der Waals surface area (Å²) in [6, 6.07) is 0. The highest BCUT2D eigenvalue weighted by molar-refractivity contribution is 4.66. The molecule has 0 bridgehead atoms. The number of nitrogens with zero attached hydrogens (tertiary/aromatic N) is 1. The fraction of sp³-hybridized carbons (Fsp3) is 1.00. The molecule has 0 radical (unpaired) electrons. The molecule has 0 fully saturated rings. The van der Waals surface area contributed by atoms with Gasteiger partial charge in [0.2, 0.25) is 0 Å². The Bertz CT molecular complexity index is 183. The van der Waals surface area contributed by atoms with Crippen LogP contribution in [0.25, 0.3) is 0 Å². The standard InChI is InChI=1S/C16H36N2O/c1-6-19-16(13-17)9-12-18(10-7-14(2)3)11-8-15(4)5/h14-16H,6-13,17H2,1-5H3. The summed E-state index contributed by atoms with van der Waals surface area (Å²) in [4.78, 5) is 2.58. The lowest BCUT2D eigenvalue weighted by molar-refractivity contribution is 0.0535. The molecular formula is C16H36N2O. The third-order valence-corrected chi connectivity index (χ3v) is 3.48. The molecule has 0 aliphatic carbocycles. The monoisotopic (exact) mass is 272 g/mol. The predicted molar refractivity (Wildman–Crippen MR) is 84.4 cm³/mol. The molecule has 3 nitrogen and oxygen atoms in total. The van der Waals surface area contributed by atoms with Gasteiger partial charge >= 0.3 is 0 Å². The van der Waals surface area contributed by atoms with Gasteiger partial charge in [-0.15, -0.1) is 0 Å². The van der Waals surface area contributed by atoms with Crippen molar-refractivity contribution in [3.05, 3.63) is 0 Å². The molecule has 0 amide bonds. The van der Waals surface area contributed by atoms with Crippen molar-refractivity contribution in [2.75, 3.05) is 32.8 Å². The molecule has 0 spiro atoms. The van der Waals surface area contributed by atoms with Crippen molar-refractivity contribution < 1.29 is 4.74 Å². The van der Waals surface area contributed by atoms with Crippen molar-refractivity contribution in [3.8, 4) is 0 Å². The van der Waals surface area contributed by atoms with E-state index in [0.29, 0.717) is 6.54 Å². The Kier molecular flexibility index (Phi) is 11.6. The molecule has 0 aromatic carbocycles. The summed E-state index contributed by atoms with van der Waals surface area (Å²) in [5.41, 5.74) is 5.75. The van der Waals surface area contributed by atoms with E-state index in [9.17, 15) is 0 Å². The van der Waals surface area contributed by atoms with Crippen LogP contribution in [-0.2, 0) is 4.74 Å². The normalized spacial score (nSPS) is 13.7. The molecule has 1 unspecified atom stereocenters. The van der Waals surface area contributed by atoms with Crippen LogP contribution in [0, 0.1) is 11.8 Å². The van der Waals surface area contributed by atoms with Crippen LogP contribution in [0.2, 0.25) is 0 Å². The zero-order valence-electron chi connectivity index (χ0n) is 13.8. The van der Waals surface area contributed by atoms with E-state index in [1.807, 2.05) is 6.92 Å². The maximum Gasteiger partial charge on any atom is 0.0709 e. The lowest BCUT2D eigenvalue weighted by atomic mass is 10.1. The zero-order valence-corrected chi connectivity index (χ0v) is 13.8.